The molecular weight excluding hydrogens is 394 g/mol. The van der Waals surface area contributed by atoms with E-state index in [-0.39, 0.29) is 11.5 Å². The lowest BCUT2D eigenvalue weighted by Gasteiger charge is -2.17. The molecule has 2 aromatic carbocycles. The van der Waals surface area contributed by atoms with E-state index in [0.29, 0.717) is 28.5 Å². The predicted molar refractivity (Wildman–Crippen MR) is 125 cm³/mol. The number of hydrogen-bond acceptors (Lipinski definition) is 4. The number of benzene rings is 2. The number of rotatable bonds is 7. The van der Waals surface area contributed by atoms with Crippen LogP contribution in [0.1, 0.15) is 38.3 Å². The first-order chi connectivity index (χ1) is 14.3. The molecule has 5 nitrogen and oxygen atoms in total. The molecule has 0 fully saturated rings. The summed E-state index contributed by atoms with van der Waals surface area (Å²) in [5, 5.41) is 3.80. The number of para-hydroxylation sites is 1. The van der Waals surface area contributed by atoms with Gasteiger partial charge in [0.1, 0.15) is 0 Å². The molecule has 1 N–H and O–H groups in total. The van der Waals surface area contributed by atoms with Crippen LogP contribution < -0.4 is 10.9 Å². The number of fused-ring (bicyclic) bond motifs is 1. The molecule has 1 aromatic heterocycles. The van der Waals surface area contributed by atoms with Gasteiger partial charge in [-0.3, -0.25) is 14.2 Å². The summed E-state index contributed by atoms with van der Waals surface area (Å²) in [5.74, 6) is 0.358. The summed E-state index contributed by atoms with van der Waals surface area (Å²) >= 11 is 1.33. The molecule has 0 aliphatic carbocycles. The van der Waals surface area contributed by atoms with Gasteiger partial charge in [-0.05, 0) is 56.9 Å². The van der Waals surface area contributed by atoms with Crippen molar-refractivity contribution < 1.29 is 4.79 Å². The van der Waals surface area contributed by atoms with Crippen molar-refractivity contribution in [3.8, 4) is 0 Å². The summed E-state index contributed by atoms with van der Waals surface area (Å²) in [5.41, 5.74) is 3.60. The van der Waals surface area contributed by atoms with Gasteiger partial charge >= 0.3 is 0 Å². The Bertz CT molecular complexity index is 1120. The van der Waals surface area contributed by atoms with Crippen LogP contribution in [-0.4, -0.2) is 20.7 Å². The third kappa shape index (κ3) is 5.11. The second-order valence-electron chi connectivity index (χ2n) is 8.12. The van der Waals surface area contributed by atoms with E-state index in [9.17, 15) is 9.59 Å². The Morgan fingerprint density at radius 2 is 1.87 bits per heavy atom. The fourth-order valence-corrected chi connectivity index (χ4v) is 4.16. The van der Waals surface area contributed by atoms with Crippen LogP contribution >= 0.6 is 11.8 Å². The standard InChI is InChI=1S/C24H29N3O2S/c1-15(2)12-13-27-23(29)19-8-6-7-9-21(19)26-24(27)30-18(5)22(28)25-20-11-10-16(3)14-17(20)4/h6-11,14-15,18H,12-13H2,1-5H3,(H,25,28)/t18-/m0/s1. The molecule has 1 atom stereocenters. The molecule has 0 radical (unpaired) electrons. The number of nitrogens with one attached hydrogen (secondary N) is 1. The topological polar surface area (TPSA) is 64.0 Å². The molecule has 0 aliphatic heterocycles. The lowest BCUT2D eigenvalue weighted by molar-refractivity contribution is -0.115. The quantitative estimate of drug-likeness (QED) is 0.420. The Morgan fingerprint density at radius 3 is 2.57 bits per heavy atom. The maximum absolute atomic E-state index is 13.1. The number of nitrogens with zero attached hydrogens (tertiary/aromatic N) is 2. The van der Waals surface area contributed by atoms with Gasteiger partial charge in [-0.15, -0.1) is 0 Å². The summed E-state index contributed by atoms with van der Waals surface area (Å²) < 4.78 is 1.72. The summed E-state index contributed by atoms with van der Waals surface area (Å²) in [4.78, 5) is 30.6. The minimum atomic E-state index is -0.399. The van der Waals surface area contributed by atoms with Crippen molar-refractivity contribution in [2.75, 3.05) is 5.32 Å². The van der Waals surface area contributed by atoms with Crippen molar-refractivity contribution in [1.82, 2.24) is 9.55 Å². The van der Waals surface area contributed by atoms with Gasteiger partial charge in [0, 0.05) is 12.2 Å². The summed E-state index contributed by atoms with van der Waals surface area (Å²) in [7, 11) is 0. The molecule has 1 amide bonds. The zero-order valence-corrected chi connectivity index (χ0v) is 19.0. The molecular formula is C24H29N3O2S. The van der Waals surface area contributed by atoms with Crippen molar-refractivity contribution in [1.29, 1.82) is 0 Å². The zero-order chi connectivity index (χ0) is 21.8. The molecule has 0 spiro atoms. The van der Waals surface area contributed by atoms with Gasteiger partial charge in [-0.25, -0.2) is 4.98 Å². The van der Waals surface area contributed by atoms with Gasteiger partial charge in [0.05, 0.1) is 16.2 Å². The number of hydrogen-bond donors (Lipinski definition) is 1. The van der Waals surface area contributed by atoms with Crippen LogP contribution in [0, 0.1) is 19.8 Å². The van der Waals surface area contributed by atoms with Crippen LogP contribution in [0.4, 0.5) is 5.69 Å². The highest BCUT2D eigenvalue weighted by Gasteiger charge is 2.20. The van der Waals surface area contributed by atoms with Crippen molar-refractivity contribution >= 4 is 34.3 Å². The molecule has 0 saturated heterocycles. The minimum Gasteiger partial charge on any atom is -0.325 e. The van der Waals surface area contributed by atoms with Gasteiger partial charge in [0.2, 0.25) is 5.91 Å². The third-order valence-corrected chi connectivity index (χ3v) is 6.14. The Kier molecular flexibility index (Phi) is 6.98. The Balaban J connectivity index is 1.88. The number of aromatic nitrogens is 2. The highest BCUT2D eigenvalue weighted by molar-refractivity contribution is 8.00. The van der Waals surface area contributed by atoms with Gasteiger partial charge in [-0.1, -0.05) is 55.4 Å². The maximum atomic E-state index is 13.1. The number of aryl methyl sites for hydroxylation is 2. The van der Waals surface area contributed by atoms with E-state index in [1.807, 2.05) is 57.2 Å². The van der Waals surface area contributed by atoms with E-state index < -0.39 is 5.25 Å². The number of amides is 1. The maximum Gasteiger partial charge on any atom is 0.262 e. The van der Waals surface area contributed by atoms with Gasteiger partial charge < -0.3 is 5.32 Å². The first-order valence-electron chi connectivity index (χ1n) is 10.3. The average Bonchev–Trinajstić information content (AvgIpc) is 2.69. The molecule has 0 unspecified atom stereocenters. The summed E-state index contributed by atoms with van der Waals surface area (Å²) in [6, 6.07) is 13.3. The Hall–Kier alpha value is -2.60. The fourth-order valence-electron chi connectivity index (χ4n) is 3.22. The number of carbonyl (C=O) groups excluding carboxylic acids is 1. The Labute approximate surface area is 181 Å². The van der Waals surface area contributed by atoms with Crippen LogP contribution in [0.3, 0.4) is 0 Å². The summed E-state index contributed by atoms with van der Waals surface area (Å²) in [6.07, 6.45) is 0.872. The normalized spacial score (nSPS) is 12.3. The number of anilines is 1. The lowest BCUT2D eigenvalue weighted by atomic mass is 10.1. The van der Waals surface area contributed by atoms with Crippen LogP contribution in [0.25, 0.3) is 10.9 Å². The van der Waals surface area contributed by atoms with E-state index in [0.717, 1.165) is 23.2 Å². The van der Waals surface area contributed by atoms with E-state index in [1.165, 1.54) is 11.8 Å². The van der Waals surface area contributed by atoms with Crippen LogP contribution in [-0.2, 0) is 11.3 Å². The van der Waals surface area contributed by atoms with E-state index >= 15 is 0 Å². The van der Waals surface area contributed by atoms with Crippen molar-refractivity contribution in [3.05, 3.63) is 63.9 Å². The third-order valence-electron chi connectivity index (χ3n) is 5.05. The zero-order valence-electron chi connectivity index (χ0n) is 18.2. The van der Waals surface area contributed by atoms with Gasteiger partial charge in [0.25, 0.3) is 5.56 Å². The summed E-state index contributed by atoms with van der Waals surface area (Å²) in [6.45, 7) is 10.7. The molecule has 6 heteroatoms. The largest absolute Gasteiger partial charge is 0.325 e. The SMILES string of the molecule is Cc1ccc(NC(=O)[C@H](C)Sc2nc3ccccc3c(=O)n2CCC(C)C)c(C)c1. The first-order valence-corrected chi connectivity index (χ1v) is 11.2. The van der Waals surface area contributed by atoms with E-state index in [4.69, 9.17) is 4.98 Å². The van der Waals surface area contributed by atoms with E-state index in [2.05, 4.69) is 19.2 Å². The van der Waals surface area contributed by atoms with Gasteiger partial charge in [-0.2, -0.15) is 0 Å². The van der Waals surface area contributed by atoms with Crippen LogP contribution in [0.2, 0.25) is 0 Å². The second kappa shape index (κ2) is 9.47. The average molecular weight is 424 g/mol. The van der Waals surface area contributed by atoms with Crippen molar-refractivity contribution in [3.63, 3.8) is 0 Å². The van der Waals surface area contributed by atoms with Crippen molar-refractivity contribution in [2.45, 2.75) is 58.0 Å². The molecule has 0 bridgehead atoms. The Morgan fingerprint density at radius 1 is 1.13 bits per heavy atom. The highest BCUT2D eigenvalue weighted by Crippen LogP contribution is 2.25. The molecule has 158 valence electrons. The molecule has 0 saturated carbocycles. The first kappa shape index (κ1) is 22.1. The second-order valence-corrected chi connectivity index (χ2v) is 9.43. The van der Waals surface area contributed by atoms with Crippen molar-refractivity contribution in [2.24, 2.45) is 5.92 Å². The van der Waals surface area contributed by atoms with Gasteiger partial charge in [0.15, 0.2) is 5.16 Å². The monoisotopic (exact) mass is 423 g/mol. The fraction of sp³-hybridized carbons (Fsp3) is 0.375. The lowest BCUT2D eigenvalue weighted by Crippen LogP contribution is -2.27. The molecule has 3 rings (SSSR count). The molecule has 30 heavy (non-hydrogen) atoms. The van der Waals surface area contributed by atoms with Crippen LogP contribution in [0.5, 0.6) is 0 Å². The molecule has 3 aromatic rings. The van der Waals surface area contributed by atoms with Crippen LogP contribution in [0.15, 0.2) is 52.4 Å². The smallest absolute Gasteiger partial charge is 0.262 e. The predicted octanol–water partition coefficient (Wildman–Crippen LogP) is 5.18. The molecule has 0 aliphatic rings. The van der Waals surface area contributed by atoms with E-state index in [1.54, 1.807) is 10.6 Å². The minimum absolute atomic E-state index is 0.0502. The molecule has 1 heterocycles. The highest BCUT2D eigenvalue weighted by atomic mass is 32.2. The number of carbonyl (C=O) groups is 1. The number of thioether (sulfide) groups is 1.